The normalized spacial score (nSPS) is 11.4. The second-order valence-corrected chi connectivity index (χ2v) is 10.9. The van der Waals surface area contributed by atoms with Crippen LogP contribution in [0.15, 0.2) is 77.7 Å². The summed E-state index contributed by atoms with van der Waals surface area (Å²) in [7, 11) is -2.40. The van der Waals surface area contributed by atoms with Gasteiger partial charge in [-0.2, -0.15) is 0 Å². The Morgan fingerprint density at radius 1 is 0.917 bits per heavy atom. The standard InChI is InChI=1S/C28H34N2O5S/c1-20(2)23-12-14-24(15-13-23)30(36(32,33)25-9-7-6-8-10-25)19-28(31)29-18-22-11-16-26(35-21(3)4)27(17-22)34-5/h6-17,20-21H,18-19H2,1-5H3,(H,29,31). The largest absolute Gasteiger partial charge is 0.493 e. The maximum absolute atomic E-state index is 13.5. The lowest BCUT2D eigenvalue weighted by atomic mass is 10.0. The predicted octanol–water partition coefficient (Wildman–Crippen LogP) is 5.12. The topological polar surface area (TPSA) is 84.9 Å². The number of rotatable bonds is 11. The van der Waals surface area contributed by atoms with Crippen LogP contribution in [0.1, 0.15) is 44.7 Å². The van der Waals surface area contributed by atoms with Gasteiger partial charge in [-0.25, -0.2) is 8.42 Å². The van der Waals surface area contributed by atoms with Gasteiger partial charge in [0.2, 0.25) is 5.91 Å². The van der Waals surface area contributed by atoms with Gasteiger partial charge in [-0.15, -0.1) is 0 Å². The molecule has 3 rings (SSSR count). The fourth-order valence-electron chi connectivity index (χ4n) is 3.62. The van der Waals surface area contributed by atoms with Crippen molar-refractivity contribution in [3.8, 4) is 11.5 Å². The number of hydrogen-bond donors (Lipinski definition) is 1. The molecule has 0 bridgehead atoms. The van der Waals surface area contributed by atoms with E-state index in [-0.39, 0.29) is 24.1 Å². The molecule has 0 aliphatic rings. The fraction of sp³-hybridized carbons (Fsp3) is 0.321. The summed E-state index contributed by atoms with van der Waals surface area (Å²) in [5.74, 6) is 1.06. The molecule has 0 radical (unpaired) electrons. The molecule has 36 heavy (non-hydrogen) atoms. The van der Waals surface area contributed by atoms with E-state index in [2.05, 4.69) is 19.2 Å². The third-order valence-corrected chi connectivity index (χ3v) is 7.33. The molecule has 0 saturated carbocycles. The lowest BCUT2D eigenvalue weighted by molar-refractivity contribution is -0.119. The van der Waals surface area contributed by atoms with Crippen LogP contribution in [0.25, 0.3) is 0 Å². The zero-order chi connectivity index (χ0) is 26.3. The summed E-state index contributed by atoms with van der Waals surface area (Å²) in [6, 6.07) is 20.8. The van der Waals surface area contributed by atoms with Crippen molar-refractivity contribution in [2.45, 2.75) is 51.2 Å². The molecule has 0 saturated heterocycles. The van der Waals surface area contributed by atoms with Crippen LogP contribution in [0.5, 0.6) is 11.5 Å². The number of carbonyl (C=O) groups excluding carboxylic acids is 1. The highest BCUT2D eigenvalue weighted by atomic mass is 32.2. The Bertz CT molecular complexity index is 1260. The van der Waals surface area contributed by atoms with E-state index < -0.39 is 15.9 Å². The minimum atomic E-state index is -3.96. The Labute approximate surface area is 214 Å². The van der Waals surface area contributed by atoms with E-state index in [0.717, 1.165) is 15.4 Å². The van der Waals surface area contributed by atoms with Gasteiger partial charge in [0, 0.05) is 6.54 Å². The van der Waals surface area contributed by atoms with Gasteiger partial charge in [0.15, 0.2) is 11.5 Å². The van der Waals surface area contributed by atoms with E-state index in [1.165, 1.54) is 12.1 Å². The molecular formula is C28H34N2O5S. The molecular weight excluding hydrogens is 476 g/mol. The van der Waals surface area contributed by atoms with Gasteiger partial charge in [-0.3, -0.25) is 9.10 Å². The van der Waals surface area contributed by atoms with Gasteiger partial charge in [-0.1, -0.05) is 50.2 Å². The van der Waals surface area contributed by atoms with Crippen molar-refractivity contribution < 1.29 is 22.7 Å². The zero-order valence-corrected chi connectivity index (χ0v) is 22.2. The summed E-state index contributed by atoms with van der Waals surface area (Å²) >= 11 is 0. The molecule has 1 amide bonds. The van der Waals surface area contributed by atoms with E-state index in [1.807, 2.05) is 32.0 Å². The first kappa shape index (κ1) is 27.1. The van der Waals surface area contributed by atoms with Gasteiger partial charge < -0.3 is 14.8 Å². The molecule has 0 unspecified atom stereocenters. The molecule has 0 spiro atoms. The van der Waals surface area contributed by atoms with Gasteiger partial charge in [0.1, 0.15) is 6.54 Å². The van der Waals surface area contributed by atoms with Crippen molar-refractivity contribution >= 4 is 21.6 Å². The highest BCUT2D eigenvalue weighted by molar-refractivity contribution is 7.92. The maximum atomic E-state index is 13.5. The summed E-state index contributed by atoms with van der Waals surface area (Å²) in [6.07, 6.45) is -0.00315. The third kappa shape index (κ3) is 6.79. The van der Waals surface area contributed by atoms with Crippen LogP contribution in [0.2, 0.25) is 0 Å². The van der Waals surface area contributed by atoms with Gasteiger partial charge in [-0.05, 0) is 67.3 Å². The van der Waals surface area contributed by atoms with Crippen molar-refractivity contribution in [1.29, 1.82) is 0 Å². The Hall–Kier alpha value is -3.52. The SMILES string of the molecule is COc1cc(CNC(=O)CN(c2ccc(C(C)C)cc2)S(=O)(=O)c2ccccc2)ccc1OC(C)C. The van der Waals surface area contributed by atoms with Crippen LogP contribution in [0.3, 0.4) is 0 Å². The number of anilines is 1. The molecule has 3 aromatic rings. The number of nitrogens with one attached hydrogen (secondary N) is 1. The molecule has 8 heteroatoms. The number of amides is 1. The first-order valence-electron chi connectivity index (χ1n) is 11.9. The predicted molar refractivity (Wildman–Crippen MR) is 142 cm³/mol. The molecule has 3 aromatic carbocycles. The van der Waals surface area contributed by atoms with Crippen LogP contribution < -0.4 is 19.1 Å². The summed E-state index contributed by atoms with van der Waals surface area (Å²) in [6.45, 7) is 7.85. The molecule has 0 aromatic heterocycles. The van der Waals surface area contributed by atoms with Crippen LogP contribution in [0.4, 0.5) is 5.69 Å². The number of hydrogen-bond acceptors (Lipinski definition) is 5. The second kappa shape index (κ2) is 11.9. The average Bonchev–Trinajstić information content (AvgIpc) is 2.86. The minimum absolute atomic E-state index is 0.00315. The lowest BCUT2D eigenvalue weighted by Gasteiger charge is -2.24. The molecule has 0 aliphatic heterocycles. The molecule has 0 heterocycles. The molecule has 0 aliphatic carbocycles. The molecule has 192 valence electrons. The molecule has 0 fully saturated rings. The first-order valence-corrected chi connectivity index (χ1v) is 13.3. The highest BCUT2D eigenvalue weighted by Crippen LogP contribution is 2.29. The molecule has 0 atom stereocenters. The van der Waals surface area contributed by atoms with Crippen molar-refractivity contribution in [3.63, 3.8) is 0 Å². The Morgan fingerprint density at radius 2 is 1.58 bits per heavy atom. The lowest BCUT2D eigenvalue weighted by Crippen LogP contribution is -2.40. The average molecular weight is 511 g/mol. The number of benzene rings is 3. The maximum Gasteiger partial charge on any atom is 0.264 e. The smallest absolute Gasteiger partial charge is 0.264 e. The summed E-state index contributed by atoms with van der Waals surface area (Å²) in [5, 5.41) is 2.82. The Balaban J connectivity index is 1.81. The van der Waals surface area contributed by atoms with E-state index in [4.69, 9.17) is 9.47 Å². The quantitative estimate of drug-likeness (QED) is 0.387. The third-order valence-electron chi connectivity index (χ3n) is 5.55. The minimum Gasteiger partial charge on any atom is -0.493 e. The van der Waals surface area contributed by atoms with E-state index >= 15 is 0 Å². The van der Waals surface area contributed by atoms with E-state index in [9.17, 15) is 13.2 Å². The van der Waals surface area contributed by atoms with Gasteiger partial charge in [0.05, 0.1) is 23.8 Å². The van der Waals surface area contributed by atoms with Crippen molar-refractivity contribution in [1.82, 2.24) is 5.32 Å². The van der Waals surface area contributed by atoms with Gasteiger partial charge >= 0.3 is 0 Å². The summed E-state index contributed by atoms with van der Waals surface area (Å²) in [4.78, 5) is 13.1. The zero-order valence-electron chi connectivity index (χ0n) is 21.4. The van der Waals surface area contributed by atoms with Gasteiger partial charge in [0.25, 0.3) is 10.0 Å². The van der Waals surface area contributed by atoms with E-state index in [0.29, 0.717) is 23.1 Å². The first-order chi connectivity index (χ1) is 17.1. The number of carbonyl (C=O) groups is 1. The van der Waals surface area contributed by atoms with Crippen molar-refractivity contribution in [3.05, 3.63) is 83.9 Å². The number of ether oxygens (including phenoxy) is 2. The fourth-order valence-corrected chi connectivity index (χ4v) is 5.06. The van der Waals surface area contributed by atoms with Crippen LogP contribution in [-0.2, 0) is 21.4 Å². The summed E-state index contributed by atoms with van der Waals surface area (Å²) in [5.41, 5.74) is 2.31. The Morgan fingerprint density at radius 3 is 2.17 bits per heavy atom. The van der Waals surface area contributed by atoms with Crippen LogP contribution >= 0.6 is 0 Å². The van der Waals surface area contributed by atoms with Crippen LogP contribution in [0, 0.1) is 0 Å². The van der Waals surface area contributed by atoms with Crippen molar-refractivity contribution in [2.24, 2.45) is 0 Å². The monoisotopic (exact) mass is 510 g/mol. The molecule has 7 nitrogen and oxygen atoms in total. The van der Waals surface area contributed by atoms with Crippen LogP contribution in [-0.4, -0.2) is 34.1 Å². The number of nitrogens with zero attached hydrogens (tertiary/aromatic N) is 1. The Kier molecular flexibility index (Phi) is 8.98. The number of sulfonamides is 1. The molecule has 1 N–H and O–H groups in total. The number of methoxy groups -OCH3 is 1. The highest BCUT2D eigenvalue weighted by Gasteiger charge is 2.27. The summed E-state index contributed by atoms with van der Waals surface area (Å²) < 4.78 is 39.3. The van der Waals surface area contributed by atoms with E-state index in [1.54, 1.807) is 49.6 Å². The van der Waals surface area contributed by atoms with Crippen molar-refractivity contribution in [2.75, 3.05) is 18.0 Å². The second-order valence-electron chi connectivity index (χ2n) is 9.00.